The molecule has 1 N–H and O–H groups in total. The van der Waals surface area contributed by atoms with Crippen LogP contribution in [0.1, 0.15) is 18.4 Å². The van der Waals surface area contributed by atoms with Crippen LogP contribution in [0.3, 0.4) is 0 Å². The van der Waals surface area contributed by atoms with Gasteiger partial charge in [-0.05, 0) is 18.4 Å². The summed E-state index contributed by atoms with van der Waals surface area (Å²) in [7, 11) is 0. The fraction of sp³-hybridized carbons (Fsp3) is 0.500. The molecule has 19 heavy (non-hydrogen) atoms. The van der Waals surface area contributed by atoms with Gasteiger partial charge in [-0.1, -0.05) is 30.3 Å². The number of benzene rings is 1. The zero-order chi connectivity index (χ0) is 12.4. The molecule has 0 saturated carbocycles. The molecule has 2 heterocycles. The molecular weight excluding hydrogens is 264 g/mol. The molecule has 2 fully saturated rings. The van der Waals surface area contributed by atoms with Gasteiger partial charge in [0, 0.05) is 25.2 Å². The molecule has 5 heteroatoms. The normalized spacial score (nSPS) is 24.7. The first-order valence-corrected chi connectivity index (χ1v) is 6.53. The van der Waals surface area contributed by atoms with Gasteiger partial charge in [0.05, 0.1) is 0 Å². The number of carbonyl (C=O) groups is 1. The predicted octanol–water partition coefficient (Wildman–Crippen LogP) is 2.18. The molecule has 0 aliphatic carbocycles. The molecule has 0 radical (unpaired) electrons. The van der Waals surface area contributed by atoms with E-state index in [1.54, 1.807) is 0 Å². The third kappa shape index (κ3) is 3.39. The Balaban J connectivity index is 0.00000133. The summed E-state index contributed by atoms with van der Waals surface area (Å²) in [6.07, 6.45) is 2.16. The van der Waals surface area contributed by atoms with Gasteiger partial charge in [-0.25, -0.2) is 4.79 Å². The molecule has 4 nitrogen and oxygen atoms in total. The van der Waals surface area contributed by atoms with Gasteiger partial charge < -0.3 is 15.0 Å². The first-order chi connectivity index (χ1) is 8.81. The van der Waals surface area contributed by atoms with Crippen LogP contribution in [-0.4, -0.2) is 36.2 Å². The van der Waals surface area contributed by atoms with Crippen LogP contribution in [0.2, 0.25) is 0 Å². The average Bonchev–Trinajstić information content (AvgIpc) is 2.76. The van der Waals surface area contributed by atoms with Crippen LogP contribution in [0, 0.1) is 0 Å². The van der Waals surface area contributed by atoms with Crippen LogP contribution in [0.4, 0.5) is 4.79 Å². The summed E-state index contributed by atoms with van der Waals surface area (Å²) < 4.78 is 5.35. The molecule has 2 saturated heterocycles. The van der Waals surface area contributed by atoms with E-state index in [2.05, 4.69) is 5.32 Å². The number of fused-ring (bicyclic) bond motifs is 2. The van der Waals surface area contributed by atoms with E-state index in [-0.39, 0.29) is 18.5 Å². The summed E-state index contributed by atoms with van der Waals surface area (Å²) >= 11 is 0. The molecule has 2 unspecified atom stereocenters. The van der Waals surface area contributed by atoms with Crippen molar-refractivity contribution in [3.05, 3.63) is 35.9 Å². The highest BCUT2D eigenvalue weighted by Crippen LogP contribution is 2.20. The molecular formula is C14H19ClN2O2. The van der Waals surface area contributed by atoms with Gasteiger partial charge in [0.15, 0.2) is 0 Å². The zero-order valence-corrected chi connectivity index (χ0v) is 11.6. The van der Waals surface area contributed by atoms with Crippen molar-refractivity contribution in [1.82, 2.24) is 10.2 Å². The highest BCUT2D eigenvalue weighted by Gasteiger charge is 2.34. The van der Waals surface area contributed by atoms with Crippen LogP contribution in [0.25, 0.3) is 0 Å². The molecule has 2 atom stereocenters. The van der Waals surface area contributed by atoms with Crippen molar-refractivity contribution >= 4 is 18.5 Å². The molecule has 104 valence electrons. The van der Waals surface area contributed by atoms with E-state index in [4.69, 9.17) is 4.74 Å². The van der Waals surface area contributed by atoms with Crippen molar-refractivity contribution in [2.75, 3.05) is 13.1 Å². The smallest absolute Gasteiger partial charge is 0.410 e. The SMILES string of the molecule is Cl.O=C(OCc1ccccc1)N1CC2CCC(C1)N2. The van der Waals surface area contributed by atoms with E-state index >= 15 is 0 Å². The lowest BCUT2D eigenvalue weighted by molar-refractivity contribution is 0.0839. The molecule has 2 aliphatic rings. The van der Waals surface area contributed by atoms with Gasteiger partial charge in [-0.2, -0.15) is 0 Å². The highest BCUT2D eigenvalue weighted by molar-refractivity contribution is 5.85. The molecule has 1 amide bonds. The fourth-order valence-electron chi connectivity index (χ4n) is 2.76. The monoisotopic (exact) mass is 282 g/mol. The number of amides is 1. The fourth-order valence-corrected chi connectivity index (χ4v) is 2.76. The quantitative estimate of drug-likeness (QED) is 0.904. The average molecular weight is 283 g/mol. The van der Waals surface area contributed by atoms with Crippen molar-refractivity contribution in [3.63, 3.8) is 0 Å². The van der Waals surface area contributed by atoms with Crippen molar-refractivity contribution < 1.29 is 9.53 Å². The number of rotatable bonds is 2. The number of carbonyl (C=O) groups excluding carboxylic acids is 1. The van der Waals surface area contributed by atoms with Gasteiger partial charge in [-0.3, -0.25) is 0 Å². The predicted molar refractivity (Wildman–Crippen MR) is 75.4 cm³/mol. The van der Waals surface area contributed by atoms with Gasteiger partial charge >= 0.3 is 6.09 Å². The van der Waals surface area contributed by atoms with Crippen molar-refractivity contribution in [3.8, 4) is 0 Å². The van der Waals surface area contributed by atoms with Crippen molar-refractivity contribution in [2.24, 2.45) is 0 Å². The number of nitrogens with one attached hydrogen (secondary N) is 1. The van der Waals surface area contributed by atoms with Gasteiger partial charge in [0.1, 0.15) is 6.61 Å². The van der Waals surface area contributed by atoms with E-state index in [1.807, 2.05) is 35.2 Å². The second kappa shape index (κ2) is 6.26. The number of likely N-dealkylation sites (tertiary alicyclic amines) is 1. The Morgan fingerprint density at radius 2 is 1.84 bits per heavy atom. The van der Waals surface area contributed by atoms with E-state index in [0.717, 1.165) is 18.7 Å². The second-order valence-electron chi connectivity index (χ2n) is 5.08. The topological polar surface area (TPSA) is 41.6 Å². The van der Waals surface area contributed by atoms with Crippen LogP contribution in [-0.2, 0) is 11.3 Å². The zero-order valence-electron chi connectivity index (χ0n) is 10.7. The molecule has 2 aliphatic heterocycles. The number of nitrogens with zero attached hydrogens (tertiary/aromatic N) is 1. The molecule has 1 aromatic carbocycles. The lowest BCUT2D eigenvalue weighted by Crippen LogP contribution is -2.53. The van der Waals surface area contributed by atoms with Crippen LogP contribution in [0.5, 0.6) is 0 Å². The van der Waals surface area contributed by atoms with Crippen LogP contribution in [0.15, 0.2) is 30.3 Å². The summed E-state index contributed by atoms with van der Waals surface area (Å²) in [6, 6.07) is 10.7. The summed E-state index contributed by atoms with van der Waals surface area (Å²) in [4.78, 5) is 13.8. The minimum Gasteiger partial charge on any atom is -0.445 e. The minimum atomic E-state index is -0.183. The van der Waals surface area contributed by atoms with E-state index in [9.17, 15) is 4.79 Å². The maximum atomic E-state index is 12.0. The Labute approximate surface area is 119 Å². The Bertz CT molecular complexity index is 415. The number of hydrogen-bond acceptors (Lipinski definition) is 3. The molecule has 0 aromatic heterocycles. The molecule has 0 spiro atoms. The van der Waals surface area contributed by atoms with Gasteiger partial charge in [0.25, 0.3) is 0 Å². The number of halogens is 1. The number of piperazine rings is 1. The van der Waals surface area contributed by atoms with Gasteiger partial charge in [-0.15, -0.1) is 12.4 Å². The first-order valence-electron chi connectivity index (χ1n) is 6.53. The maximum absolute atomic E-state index is 12.0. The minimum absolute atomic E-state index is 0. The maximum Gasteiger partial charge on any atom is 0.410 e. The summed E-state index contributed by atoms with van der Waals surface area (Å²) in [5.74, 6) is 0. The summed E-state index contributed by atoms with van der Waals surface area (Å²) in [5, 5.41) is 3.50. The summed E-state index contributed by atoms with van der Waals surface area (Å²) in [5.41, 5.74) is 1.03. The standard InChI is InChI=1S/C14H18N2O2.ClH/c17-14(18-10-11-4-2-1-3-5-11)16-8-12-6-7-13(9-16)15-12;/h1-5,12-13,15H,6-10H2;1H. The van der Waals surface area contributed by atoms with Crippen LogP contribution >= 0.6 is 12.4 Å². The largest absolute Gasteiger partial charge is 0.445 e. The Kier molecular flexibility index (Phi) is 4.66. The second-order valence-corrected chi connectivity index (χ2v) is 5.08. The third-order valence-electron chi connectivity index (χ3n) is 3.68. The Morgan fingerprint density at radius 1 is 1.21 bits per heavy atom. The first kappa shape index (κ1) is 14.2. The lowest BCUT2D eigenvalue weighted by Gasteiger charge is -2.32. The van der Waals surface area contributed by atoms with Crippen molar-refractivity contribution in [2.45, 2.75) is 31.5 Å². The van der Waals surface area contributed by atoms with Gasteiger partial charge in [0.2, 0.25) is 0 Å². The van der Waals surface area contributed by atoms with E-state index in [0.29, 0.717) is 18.7 Å². The Morgan fingerprint density at radius 3 is 2.47 bits per heavy atom. The Hall–Kier alpha value is -1.26. The summed E-state index contributed by atoms with van der Waals surface area (Å²) in [6.45, 7) is 1.92. The van der Waals surface area contributed by atoms with Crippen molar-refractivity contribution in [1.29, 1.82) is 0 Å². The van der Waals surface area contributed by atoms with E-state index < -0.39 is 0 Å². The molecule has 2 bridgehead atoms. The lowest BCUT2D eigenvalue weighted by atomic mass is 10.2. The van der Waals surface area contributed by atoms with E-state index in [1.165, 1.54) is 12.8 Å². The number of hydrogen-bond donors (Lipinski definition) is 1. The third-order valence-corrected chi connectivity index (χ3v) is 3.68. The molecule has 1 aromatic rings. The number of ether oxygens (including phenoxy) is 1. The molecule has 3 rings (SSSR count). The highest BCUT2D eigenvalue weighted by atomic mass is 35.5. The van der Waals surface area contributed by atoms with Crippen LogP contribution < -0.4 is 5.32 Å².